The summed E-state index contributed by atoms with van der Waals surface area (Å²) in [6.07, 6.45) is 3.60. The minimum Gasteiger partial charge on any atom is -0.338 e. The van der Waals surface area contributed by atoms with Gasteiger partial charge in [-0.15, -0.1) is 0 Å². The Bertz CT molecular complexity index is 357. The van der Waals surface area contributed by atoms with E-state index in [9.17, 15) is 0 Å². The molecule has 0 aromatic carbocycles. The molecule has 1 aliphatic rings. The molecule has 100 valence electrons. The molecule has 1 saturated heterocycles. The average Bonchev–Trinajstić information content (AvgIpc) is 2.40. The maximum absolute atomic E-state index is 5.78. The first kappa shape index (κ1) is 13.2. The smallest absolute Gasteiger partial charge is 0.225 e. The van der Waals surface area contributed by atoms with Gasteiger partial charge < -0.3 is 10.6 Å². The van der Waals surface area contributed by atoms with Crippen molar-refractivity contribution < 1.29 is 0 Å². The molecule has 0 atom stereocenters. The van der Waals surface area contributed by atoms with Gasteiger partial charge in [0.15, 0.2) is 0 Å². The van der Waals surface area contributed by atoms with Crippen LogP contribution in [0.5, 0.6) is 0 Å². The normalized spacial score (nSPS) is 18.1. The molecule has 0 unspecified atom stereocenters. The molecule has 1 aromatic heterocycles. The van der Waals surface area contributed by atoms with Crippen molar-refractivity contribution in [3.8, 4) is 0 Å². The van der Waals surface area contributed by atoms with E-state index >= 15 is 0 Å². The summed E-state index contributed by atoms with van der Waals surface area (Å²) in [5, 5.41) is 0. The number of aromatic nitrogens is 2. The van der Waals surface area contributed by atoms with Crippen LogP contribution in [0.25, 0.3) is 0 Å². The van der Waals surface area contributed by atoms with Gasteiger partial charge in [-0.1, -0.05) is 13.8 Å². The number of anilines is 1. The highest BCUT2D eigenvalue weighted by molar-refractivity contribution is 5.29. The summed E-state index contributed by atoms with van der Waals surface area (Å²) in [7, 11) is 0. The van der Waals surface area contributed by atoms with Gasteiger partial charge in [-0.2, -0.15) is 0 Å². The van der Waals surface area contributed by atoms with Crippen LogP contribution in [-0.4, -0.2) is 54.1 Å². The highest BCUT2D eigenvalue weighted by Crippen LogP contribution is 2.17. The molecule has 0 amide bonds. The predicted octanol–water partition coefficient (Wildman–Crippen LogP) is 0.584. The lowest BCUT2D eigenvalue weighted by atomic mass is 9.93. The van der Waals surface area contributed by atoms with E-state index in [0.717, 1.165) is 45.2 Å². The Hall–Kier alpha value is -1.20. The predicted molar refractivity (Wildman–Crippen MR) is 73.5 cm³/mol. The van der Waals surface area contributed by atoms with Crippen LogP contribution in [0.3, 0.4) is 0 Å². The van der Waals surface area contributed by atoms with Crippen molar-refractivity contribution in [2.75, 3.05) is 44.2 Å². The van der Waals surface area contributed by atoms with Gasteiger partial charge in [0.1, 0.15) is 0 Å². The maximum Gasteiger partial charge on any atom is 0.225 e. The van der Waals surface area contributed by atoms with Gasteiger partial charge >= 0.3 is 0 Å². The molecule has 2 N–H and O–H groups in total. The van der Waals surface area contributed by atoms with Crippen molar-refractivity contribution >= 4 is 5.95 Å². The molecule has 0 saturated carbocycles. The standard InChI is InChI=1S/C13H23N5/c1-13(2,10-14)11-17-6-8-18(9-7-17)12-15-4-3-5-16-12/h3-5H,6-11,14H2,1-2H3. The van der Waals surface area contributed by atoms with E-state index in [2.05, 4.69) is 33.6 Å². The van der Waals surface area contributed by atoms with Crippen molar-refractivity contribution in [1.29, 1.82) is 0 Å². The van der Waals surface area contributed by atoms with Crippen molar-refractivity contribution in [3.05, 3.63) is 18.5 Å². The van der Waals surface area contributed by atoms with Crippen LogP contribution >= 0.6 is 0 Å². The van der Waals surface area contributed by atoms with Crippen molar-refractivity contribution in [2.45, 2.75) is 13.8 Å². The number of nitrogens with zero attached hydrogens (tertiary/aromatic N) is 4. The van der Waals surface area contributed by atoms with Crippen LogP contribution in [0.4, 0.5) is 5.95 Å². The van der Waals surface area contributed by atoms with Gasteiger partial charge in [-0.25, -0.2) is 9.97 Å². The van der Waals surface area contributed by atoms with E-state index in [4.69, 9.17) is 5.73 Å². The third-order valence-corrected chi connectivity index (χ3v) is 3.41. The summed E-state index contributed by atoms with van der Waals surface area (Å²) in [6, 6.07) is 1.85. The first-order chi connectivity index (χ1) is 8.61. The summed E-state index contributed by atoms with van der Waals surface area (Å²) in [5.74, 6) is 0.843. The largest absolute Gasteiger partial charge is 0.338 e. The molecule has 5 nitrogen and oxygen atoms in total. The molecule has 5 heteroatoms. The van der Waals surface area contributed by atoms with Crippen molar-refractivity contribution in [1.82, 2.24) is 14.9 Å². The molecule has 0 aliphatic carbocycles. The quantitative estimate of drug-likeness (QED) is 0.846. The number of hydrogen-bond acceptors (Lipinski definition) is 5. The van der Waals surface area contributed by atoms with Crippen molar-refractivity contribution in [2.24, 2.45) is 11.1 Å². The highest BCUT2D eigenvalue weighted by Gasteiger charge is 2.24. The second-order valence-electron chi connectivity index (χ2n) is 5.68. The minimum absolute atomic E-state index is 0.200. The van der Waals surface area contributed by atoms with Gasteiger partial charge in [-0.3, -0.25) is 4.90 Å². The average molecular weight is 249 g/mol. The molecule has 2 rings (SSSR count). The number of piperazine rings is 1. The Morgan fingerprint density at radius 3 is 2.33 bits per heavy atom. The lowest BCUT2D eigenvalue weighted by Crippen LogP contribution is -2.50. The fraction of sp³-hybridized carbons (Fsp3) is 0.692. The second-order valence-corrected chi connectivity index (χ2v) is 5.68. The van der Waals surface area contributed by atoms with Crippen LogP contribution in [0.2, 0.25) is 0 Å². The van der Waals surface area contributed by atoms with Crippen molar-refractivity contribution in [3.63, 3.8) is 0 Å². The Kier molecular flexibility index (Phi) is 4.14. The monoisotopic (exact) mass is 249 g/mol. The Morgan fingerprint density at radius 2 is 1.78 bits per heavy atom. The van der Waals surface area contributed by atoms with Crippen LogP contribution in [-0.2, 0) is 0 Å². The summed E-state index contributed by atoms with van der Waals surface area (Å²) in [6.45, 7) is 10.3. The van der Waals surface area contributed by atoms with E-state index in [0.29, 0.717) is 0 Å². The molecular formula is C13H23N5. The number of hydrogen-bond donors (Lipinski definition) is 1. The van der Waals surface area contributed by atoms with Gasteiger partial charge in [0.05, 0.1) is 0 Å². The van der Waals surface area contributed by atoms with Gasteiger partial charge in [-0.05, 0) is 18.0 Å². The fourth-order valence-corrected chi connectivity index (χ4v) is 2.23. The molecule has 1 aromatic rings. The zero-order valence-corrected chi connectivity index (χ0v) is 11.3. The molecule has 18 heavy (non-hydrogen) atoms. The van der Waals surface area contributed by atoms with Crippen LogP contribution in [0.1, 0.15) is 13.8 Å². The van der Waals surface area contributed by atoms with E-state index in [1.807, 2.05) is 6.07 Å². The second kappa shape index (κ2) is 5.63. The highest BCUT2D eigenvalue weighted by atomic mass is 15.3. The summed E-state index contributed by atoms with van der Waals surface area (Å²) < 4.78 is 0. The Balaban J connectivity index is 1.85. The first-order valence-corrected chi connectivity index (χ1v) is 6.55. The summed E-state index contributed by atoms with van der Waals surface area (Å²) in [5.41, 5.74) is 5.98. The first-order valence-electron chi connectivity index (χ1n) is 6.55. The molecule has 2 heterocycles. The zero-order valence-electron chi connectivity index (χ0n) is 11.3. The maximum atomic E-state index is 5.78. The van der Waals surface area contributed by atoms with E-state index in [1.165, 1.54) is 0 Å². The third kappa shape index (κ3) is 3.40. The number of nitrogens with two attached hydrogens (primary N) is 1. The topological polar surface area (TPSA) is 58.3 Å². The van der Waals surface area contributed by atoms with E-state index in [1.54, 1.807) is 12.4 Å². The lowest BCUT2D eigenvalue weighted by Gasteiger charge is -2.38. The molecular weight excluding hydrogens is 226 g/mol. The van der Waals surface area contributed by atoms with Gasteiger partial charge in [0.2, 0.25) is 5.95 Å². The van der Waals surface area contributed by atoms with Crippen LogP contribution in [0.15, 0.2) is 18.5 Å². The van der Waals surface area contributed by atoms with Crippen LogP contribution in [0, 0.1) is 5.41 Å². The third-order valence-electron chi connectivity index (χ3n) is 3.41. The zero-order chi connectivity index (χ0) is 13.0. The fourth-order valence-electron chi connectivity index (χ4n) is 2.23. The molecule has 0 spiro atoms. The lowest BCUT2D eigenvalue weighted by molar-refractivity contribution is 0.174. The van der Waals surface area contributed by atoms with Gasteiger partial charge in [0, 0.05) is 45.1 Å². The van der Waals surface area contributed by atoms with E-state index < -0.39 is 0 Å². The molecule has 0 bridgehead atoms. The van der Waals surface area contributed by atoms with Gasteiger partial charge in [0.25, 0.3) is 0 Å². The van der Waals surface area contributed by atoms with Crippen LogP contribution < -0.4 is 10.6 Å². The Morgan fingerprint density at radius 1 is 1.17 bits per heavy atom. The minimum atomic E-state index is 0.200. The molecule has 1 fully saturated rings. The SMILES string of the molecule is CC(C)(CN)CN1CCN(c2ncccn2)CC1. The van der Waals surface area contributed by atoms with E-state index in [-0.39, 0.29) is 5.41 Å². The molecule has 1 aliphatic heterocycles. The molecule has 0 radical (unpaired) electrons. The number of rotatable bonds is 4. The summed E-state index contributed by atoms with van der Waals surface area (Å²) in [4.78, 5) is 13.3. The Labute approximate surface area is 109 Å². The summed E-state index contributed by atoms with van der Waals surface area (Å²) >= 11 is 0.